The maximum Gasteiger partial charge on any atom is 1.00 e. The summed E-state index contributed by atoms with van der Waals surface area (Å²) in [6.45, 7) is 2.14. The van der Waals surface area contributed by atoms with Crippen molar-refractivity contribution in [1.29, 1.82) is 0 Å². The van der Waals surface area contributed by atoms with Crippen molar-refractivity contribution in [3.8, 4) is 0 Å². The van der Waals surface area contributed by atoms with Crippen LogP contribution in [-0.2, 0) is 14.3 Å². The third kappa shape index (κ3) is 10.8. The van der Waals surface area contributed by atoms with E-state index in [1.165, 1.54) is 20.0 Å². The number of carbonyl (C=O) groups is 2. The summed E-state index contributed by atoms with van der Waals surface area (Å²) in [5, 5.41) is 10.5. The normalized spacial score (nSPS) is 11.9. The van der Waals surface area contributed by atoms with E-state index in [-0.39, 0.29) is 36.0 Å². The standard InChI is InChI=1S/C13H22O4.Na/c1-3-4-5-6-7-8-9-11(10-12(14)15)13(16)17-2;/h7-8,11H,3-6,9-10H2,1-2H3,(H,14,15);/q;+1/p-1/b8-7+;. The summed E-state index contributed by atoms with van der Waals surface area (Å²) < 4.78 is 4.54. The Balaban J connectivity index is 0. The van der Waals surface area contributed by atoms with E-state index in [2.05, 4.69) is 11.7 Å². The van der Waals surface area contributed by atoms with Crippen molar-refractivity contribution >= 4 is 11.9 Å². The van der Waals surface area contributed by atoms with Crippen LogP contribution in [0.25, 0.3) is 0 Å². The molecular formula is C13H21NaO4. The first-order valence-corrected chi connectivity index (χ1v) is 6.04. The molecule has 0 rings (SSSR count). The molecule has 1 unspecified atom stereocenters. The number of hydrogen-bond acceptors (Lipinski definition) is 4. The maximum absolute atomic E-state index is 11.3. The van der Waals surface area contributed by atoms with E-state index in [0.29, 0.717) is 6.42 Å². The van der Waals surface area contributed by atoms with Gasteiger partial charge in [0.25, 0.3) is 0 Å². The van der Waals surface area contributed by atoms with Gasteiger partial charge >= 0.3 is 35.5 Å². The molecular weight excluding hydrogens is 243 g/mol. The fourth-order valence-electron chi connectivity index (χ4n) is 1.52. The van der Waals surface area contributed by atoms with Gasteiger partial charge < -0.3 is 14.6 Å². The average molecular weight is 264 g/mol. The zero-order valence-corrected chi connectivity index (χ0v) is 13.6. The van der Waals surface area contributed by atoms with E-state index in [1.807, 2.05) is 12.2 Å². The van der Waals surface area contributed by atoms with Crippen molar-refractivity contribution in [3.05, 3.63) is 12.2 Å². The molecule has 0 aliphatic carbocycles. The molecule has 18 heavy (non-hydrogen) atoms. The van der Waals surface area contributed by atoms with Crippen molar-refractivity contribution in [2.75, 3.05) is 7.11 Å². The van der Waals surface area contributed by atoms with Crippen molar-refractivity contribution in [3.63, 3.8) is 0 Å². The van der Waals surface area contributed by atoms with Gasteiger partial charge in [-0.15, -0.1) is 0 Å². The number of carboxylic acids is 1. The minimum absolute atomic E-state index is 0. The van der Waals surface area contributed by atoms with E-state index < -0.39 is 17.9 Å². The summed E-state index contributed by atoms with van der Waals surface area (Å²) in [6.07, 6.45) is 8.39. The smallest absolute Gasteiger partial charge is 0.550 e. The number of unbranched alkanes of at least 4 members (excludes halogenated alkanes) is 3. The Morgan fingerprint density at radius 2 is 1.94 bits per heavy atom. The zero-order chi connectivity index (χ0) is 13.1. The van der Waals surface area contributed by atoms with Crippen molar-refractivity contribution < 1.29 is 49.0 Å². The number of aliphatic carboxylic acids is 1. The summed E-state index contributed by atoms with van der Waals surface area (Å²) >= 11 is 0. The van der Waals surface area contributed by atoms with Crippen molar-refractivity contribution in [1.82, 2.24) is 0 Å². The van der Waals surface area contributed by atoms with E-state index in [0.717, 1.165) is 12.8 Å². The predicted octanol–water partition coefficient (Wildman–Crippen LogP) is -1.55. The molecule has 1 atom stereocenters. The molecule has 0 aromatic heterocycles. The Morgan fingerprint density at radius 1 is 1.28 bits per heavy atom. The molecule has 0 radical (unpaired) electrons. The van der Waals surface area contributed by atoms with Gasteiger partial charge in [0.1, 0.15) is 0 Å². The van der Waals surface area contributed by atoms with E-state index in [4.69, 9.17) is 0 Å². The van der Waals surface area contributed by atoms with Gasteiger partial charge in [-0.2, -0.15) is 0 Å². The first kappa shape index (κ1) is 20.0. The van der Waals surface area contributed by atoms with Crippen LogP contribution in [0.5, 0.6) is 0 Å². The topological polar surface area (TPSA) is 66.4 Å². The van der Waals surface area contributed by atoms with E-state index in [9.17, 15) is 14.7 Å². The molecule has 0 aliphatic heterocycles. The van der Waals surface area contributed by atoms with Crippen LogP contribution in [0, 0.1) is 5.92 Å². The Bertz CT molecular complexity index is 264. The molecule has 0 aliphatic rings. The molecule has 0 aromatic rings. The SMILES string of the molecule is CCCCC/C=C/CC(CC(=O)[O-])C(=O)OC.[Na+]. The minimum Gasteiger partial charge on any atom is -0.550 e. The average Bonchev–Trinajstić information content (AvgIpc) is 2.30. The number of allylic oxidation sites excluding steroid dienone is 2. The monoisotopic (exact) mass is 264 g/mol. The molecule has 0 aromatic carbocycles. The zero-order valence-electron chi connectivity index (χ0n) is 11.6. The number of carbonyl (C=O) groups excluding carboxylic acids is 2. The number of carboxylic acid groups (broad SMARTS) is 1. The molecule has 98 valence electrons. The summed E-state index contributed by atoms with van der Waals surface area (Å²) in [5.74, 6) is -2.35. The molecule has 0 N–H and O–H groups in total. The summed E-state index contributed by atoms with van der Waals surface area (Å²) in [5.41, 5.74) is 0. The van der Waals surface area contributed by atoms with Crippen LogP contribution in [0.3, 0.4) is 0 Å². The van der Waals surface area contributed by atoms with Crippen LogP contribution in [0.4, 0.5) is 0 Å². The van der Waals surface area contributed by atoms with Gasteiger partial charge in [-0.3, -0.25) is 4.79 Å². The Kier molecular flexibility index (Phi) is 14.6. The molecule has 0 spiro atoms. The van der Waals surface area contributed by atoms with Crippen molar-refractivity contribution in [2.45, 2.75) is 45.4 Å². The van der Waals surface area contributed by atoms with Crippen LogP contribution < -0.4 is 34.7 Å². The quantitative estimate of drug-likeness (QED) is 0.219. The summed E-state index contributed by atoms with van der Waals surface area (Å²) in [4.78, 5) is 21.7. The molecule has 0 amide bonds. The van der Waals surface area contributed by atoms with Gasteiger partial charge in [0.2, 0.25) is 0 Å². The Hall–Kier alpha value is -0.320. The second-order valence-corrected chi connectivity index (χ2v) is 4.00. The van der Waals surface area contributed by atoms with Crippen molar-refractivity contribution in [2.24, 2.45) is 5.92 Å². The van der Waals surface area contributed by atoms with Gasteiger partial charge in [-0.1, -0.05) is 31.9 Å². The fraction of sp³-hybridized carbons (Fsp3) is 0.692. The van der Waals surface area contributed by atoms with Gasteiger partial charge in [-0.05, 0) is 19.3 Å². The first-order valence-electron chi connectivity index (χ1n) is 6.04. The van der Waals surface area contributed by atoms with Crippen LogP contribution in [0.15, 0.2) is 12.2 Å². The molecule has 4 nitrogen and oxygen atoms in total. The molecule has 0 saturated heterocycles. The summed E-state index contributed by atoms with van der Waals surface area (Å²) in [6, 6.07) is 0. The van der Waals surface area contributed by atoms with Gasteiger partial charge in [0.15, 0.2) is 0 Å². The molecule has 0 saturated carbocycles. The van der Waals surface area contributed by atoms with Crippen LogP contribution in [-0.4, -0.2) is 19.0 Å². The minimum atomic E-state index is -1.22. The van der Waals surface area contributed by atoms with E-state index >= 15 is 0 Å². The van der Waals surface area contributed by atoms with Gasteiger partial charge in [0, 0.05) is 12.4 Å². The maximum atomic E-state index is 11.3. The number of ether oxygens (including phenoxy) is 1. The second kappa shape index (κ2) is 13.1. The third-order valence-corrected chi connectivity index (χ3v) is 2.51. The Morgan fingerprint density at radius 3 is 2.44 bits per heavy atom. The number of rotatable bonds is 9. The number of esters is 1. The second-order valence-electron chi connectivity index (χ2n) is 4.00. The molecule has 0 bridgehead atoms. The summed E-state index contributed by atoms with van der Waals surface area (Å²) in [7, 11) is 1.26. The van der Waals surface area contributed by atoms with Gasteiger partial charge in [-0.25, -0.2) is 0 Å². The molecule has 5 heteroatoms. The molecule has 0 heterocycles. The first-order chi connectivity index (χ1) is 8.11. The van der Waals surface area contributed by atoms with Crippen LogP contribution in [0.2, 0.25) is 0 Å². The van der Waals surface area contributed by atoms with Gasteiger partial charge in [0.05, 0.1) is 13.0 Å². The van der Waals surface area contributed by atoms with E-state index in [1.54, 1.807) is 0 Å². The fourth-order valence-corrected chi connectivity index (χ4v) is 1.52. The molecule has 0 fully saturated rings. The predicted molar refractivity (Wildman–Crippen MR) is 63.0 cm³/mol. The third-order valence-electron chi connectivity index (χ3n) is 2.51. The largest absolute Gasteiger partial charge is 1.00 e. The Labute approximate surface area is 131 Å². The number of hydrogen-bond donors (Lipinski definition) is 0. The van der Waals surface area contributed by atoms with Crippen LogP contribution in [0.1, 0.15) is 45.4 Å². The van der Waals surface area contributed by atoms with Crippen LogP contribution >= 0.6 is 0 Å². The number of methoxy groups -OCH3 is 1.